The fourth-order valence-corrected chi connectivity index (χ4v) is 1.58. The van der Waals surface area contributed by atoms with Gasteiger partial charge in [0.05, 0.1) is 19.5 Å². The van der Waals surface area contributed by atoms with Crippen molar-refractivity contribution < 1.29 is 4.74 Å². The fraction of sp³-hybridized carbons (Fsp3) is 0.300. The van der Waals surface area contributed by atoms with Gasteiger partial charge in [0.15, 0.2) is 0 Å². The van der Waals surface area contributed by atoms with Crippen LogP contribution in [0.15, 0.2) is 24.7 Å². The van der Waals surface area contributed by atoms with Crippen molar-refractivity contribution in [3.8, 4) is 5.88 Å². The average molecular weight is 239 g/mol. The molecule has 0 aliphatic rings. The van der Waals surface area contributed by atoms with Crippen LogP contribution in [0.4, 0.5) is 0 Å². The summed E-state index contributed by atoms with van der Waals surface area (Å²) in [5.41, 5.74) is 1.07. The van der Waals surface area contributed by atoms with E-state index < -0.39 is 0 Å². The molecule has 0 aliphatic carbocycles. The Labute approximate surface area is 98.0 Å². The molecule has 5 nitrogen and oxygen atoms in total. The molecule has 2 rings (SSSR count). The predicted molar refractivity (Wildman–Crippen MR) is 59.5 cm³/mol. The van der Waals surface area contributed by atoms with Crippen LogP contribution in [-0.4, -0.2) is 26.9 Å². The number of halogens is 1. The Morgan fingerprint density at radius 2 is 2.38 bits per heavy atom. The molecule has 84 valence electrons. The number of nitrogens with zero attached hydrogens (tertiary/aromatic N) is 4. The molecule has 0 saturated carbocycles. The standard InChI is InChI=1S/C10H11ClN4O/c1-16-10-4-8(2-3-12-10)6-15-7-13-14-9(15)5-11/h2-4,7H,5-6H2,1H3. The van der Waals surface area contributed by atoms with Crippen LogP contribution < -0.4 is 4.74 Å². The van der Waals surface area contributed by atoms with E-state index in [9.17, 15) is 0 Å². The molecule has 16 heavy (non-hydrogen) atoms. The lowest BCUT2D eigenvalue weighted by Crippen LogP contribution is -2.03. The van der Waals surface area contributed by atoms with Crippen molar-refractivity contribution in [3.63, 3.8) is 0 Å². The molecule has 0 atom stereocenters. The molecule has 0 aromatic carbocycles. The van der Waals surface area contributed by atoms with Crippen LogP contribution in [0.25, 0.3) is 0 Å². The summed E-state index contributed by atoms with van der Waals surface area (Å²) in [6.45, 7) is 0.661. The highest BCUT2D eigenvalue weighted by Gasteiger charge is 2.04. The normalized spacial score (nSPS) is 10.4. The van der Waals surface area contributed by atoms with Crippen molar-refractivity contribution >= 4 is 11.6 Å². The van der Waals surface area contributed by atoms with Crippen molar-refractivity contribution in [2.75, 3.05) is 7.11 Å². The molecule has 2 aromatic heterocycles. The Hall–Kier alpha value is -1.62. The first-order valence-electron chi connectivity index (χ1n) is 4.75. The maximum absolute atomic E-state index is 5.74. The molecular formula is C10H11ClN4O. The van der Waals surface area contributed by atoms with Crippen LogP contribution >= 0.6 is 11.6 Å². The number of alkyl halides is 1. The zero-order valence-corrected chi connectivity index (χ0v) is 9.55. The summed E-state index contributed by atoms with van der Waals surface area (Å²) in [5, 5.41) is 7.72. The monoisotopic (exact) mass is 238 g/mol. The summed E-state index contributed by atoms with van der Waals surface area (Å²) in [6.07, 6.45) is 3.36. The Morgan fingerprint density at radius 1 is 1.50 bits per heavy atom. The highest BCUT2D eigenvalue weighted by atomic mass is 35.5. The lowest BCUT2D eigenvalue weighted by molar-refractivity contribution is 0.397. The molecule has 0 radical (unpaired) electrons. The third kappa shape index (κ3) is 2.30. The molecule has 0 bridgehead atoms. The van der Waals surface area contributed by atoms with Gasteiger partial charge in [0.2, 0.25) is 5.88 Å². The van der Waals surface area contributed by atoms with Crippen LogP contribution in [0.5, 0.6) is 5.88 Å². The van der Waals surface area contributed by atoms with E-state index in [1.807, 2.05) is 16.7 Å². The number of aromatic nitrogens is 4. The summed E-state index contributed by atoms with van der Waals surface area (Å²) >= 11 is 5.74. The highest BCUT2D eigenvalue weighted by molar-refractivity contribution is 6.16. The van der Waals surface area contributed by atoms with Gasteiger partial charge in [0, 0.05) is 12.3 Å². The van der Waals surface area contributed by atoms with Crippen LogP contribution in [-0.2, 0) is 12.4 Å². The third-order valence-corrected chi connectivity index (χ3v) is 2.42. The smallest absolute Gasteiger partial charge is 0.213 e. The Morgan fingerprint density at radius 3 is 3.12 bits per heavy atom. The molecule has 0 fully saturated rings. The molecule has 0 saturated heterocycles. The van der Waals surface area contributed by atoms with E-state index in [4.69, 9.17) is 16.3 Å². The number of hydrogen-bond acceptors (Lipinski definition) is 4. The van der Waals surface area contributed by atoms with Gasteiger partial charge in [-0.2, -0.15) is 0 Å². The van der Waals surface area contributed by atoms with Gasteiger partial charge in [-0.15, -0.1) is 21.8 Å². The van der Waals surface area contributed by atoms with Crippen LogP contribution in [0.3, 0.4) is 0 Å². The highest BCUT2D eigenvalue weighted by Crippen LogP contribution is 2.11. The Balaban J connectivity index is 2.20. The Kier molecular flexibility index (Phi) is 3.36. The maximum atomic E-state index is 5.74. The molecule has 0 N–H and O–H groups in total. The van der Waals surface area contributed by atoms with E-state index in [1.165, 1.54) is 0 Å². The summed E-state index contributed by atoms with van der Waals surface area (Å²) in [6, 6.07) is 3.79. The molecule has 0 amide bonds. The zero-order chi connectivity index (χ0) is 11.4. The molecule has 0 spiro atoms. The quantitative estimate of drug-likeness (QED) is 0.757. The molecule has 0 aliphatic heterocycles. The minimum absolute atomic E-state index is 0.349. The predicted octanol–water partition coefficient (Wildman–Crippen LogP) is 1.47. The lowest BCUT2D eigenvalue weighted by Gasteiger charge is -2.05. The second kappa shape index (κ2) is 4.94. The molecule has 0 unspecified atom stereocenters. The van der Waals surface area contributed by atoms with Gasteiger partial charge in [0.1, 0.15) is 12.2 Å². The molecule has 6 heteroatoms. The van der Waals surface area contributed by atoms with Crippen molar-refractivity contribution in [1.29, 1.82) is 0 Å². The fourth-order valence-electron chi connectivity index (χ4n) is 1.37. The van der Waals surface area contributed by atoms with Crippen molar-refractivity contribution in [1.82, 2.24) is 19.7 Å². The van der Waals surface area contributed by atoms with Crippen molar-refractivity contribution in [3.05, 3.63) is 36.0 Å². The summed E-state index contributed by atoms with van der Waals surface area (Å²) in [7, 11) is 1.59. The second-order valence-corrected chi connectivity index (χ2v) is 3.48. The van der Waals surface area contributed by atoms with Crippen LogP contribution in [0.2, 0.25) is 0 Å². The van der Waals surface area contributed by atoms with Gasteiger partial charge in [-0.05, 0) is 11.6 Å². The van der Waals surface area contributed by atoms with E-state index in [1.54, 1.807) is 19.6 Å². The zero-order valence-electron chi connectivity index (χ0n) is 8.80. The first kappa shape index (κ1) is 10.9. The van der Waals surface area contributed by atoms with E-state index in [-0.39, 0.29) is 0 Å². The second-order valence-electron chi connectivity index (χ2n) is 3.22. The minimum atomic E-state index is 0.349. The van der Waals surface area contributed by atoms with E-state index >= 15 is 0 Å². The van der Waals surface area contributed by atoms with Crippen LogP contribution in [0.1, 0.15) is 11.4 Å². The van der Waals surface area contributed by atoms with Gasteiger partial charge >= 0.3 is 0 Å². The topological polar surface area (TPSA) is 52.8 Å². The number of rotatable bonds is 4. The average Bonchev–Trinajstić information content (AvgIpc) is 2.76. The Bertz CT molecular complexity index is 471. The summed E-state index contributed by atoms with van der Waals surface area (Å²) in [4.78, 5) is 4.04. The van der Waals surface area contributed by atoms with Gasteiger partial charge in [-0.1, -0.05) is 0 Å². The SMILES string of the molecule is COc1cc(Cn2cnnc2CCl)ccn1. The van der Waals surface area contributed by atoms with E-state index in [0.29, 0.717) is 18.3 Å². The van der Waals surface area contributed by atoms with Gasteiger partial charge < -0.3 is 9.30 Å². The van der Waals surface area contributed by atoms with Crippen molar-refractivity contribution in [2.24, 2.45) is 0 Å². The minimum Gasteiger partial charge on any atom is -0.481 e. The van der Waals surface area contributed by atoms with Gasteiger partial charge in [-0.3, -0.25) is 0 Å². The number of methoxy groups -OCH3 is 1. The first-order valence-corrected chi connectivity index (χ1v) is 5.28. The van der Waals surface area contributed by atoms with Crippen molar-refractivity contribution in [2.45, 2.75) is 12.4 Å². The number of hydrogen-bond donors (Lipinski definition) is 0. The van der Waals surface area contributed by atoms with Gasteiger partial charge in [0.25, 0.3) is 0 Å². The number of ether oxygens (including phenoxy) is 1. The van der Waals surface area contributed by atoms with Crippen LogP contribution in [0, 0.1) is 0 Å². The molecule has 2 aromatic rings. The lowest BCUT2D eigenvalue weighted by atomic mass is 10.2. The first-order chi connectivity index (χ1) is 7.83. The summed E-state index contributed by atoms with van der Waals surface area (Å²) in [5.74, 6) is 1.69. The van der Waals surface area contributed by atoms with Gasteiger partial charge in [-0.25, -0.2) is 4.98 Å². The summed E-state index contributed by atoms with van der Waals surface area (Å²) < 4.78 is 6.94. The maximum Gasteiger partial charge on any atom is 0.213 e. The third-order valence-electron chi connectivity index (χ3n) is 2.18. The van der Waals surface area contributed by atoms with E-state index in [2.05, 4.69) is 15.2 Å². The molecule has 2 heterocycles. The van der Waals surface area contributed by atoms with E-state index in [0.717, 1.165) is 11.4 Å². The molecular weight excluding hydrogens is 228 g/mol. The number of pyridine rings is 1. The largest absolute Gasteiger partial charge is 0.481 e.